The molecular weight excluding hydrogens is 256 g/mol. The fourth-order valence-corrected chi connectivity index (χ4v) is 2.72. The molecule has 0 saturated carbocycles. The summed E-state index contributed by atoms with van der Waals surface area (Å²) >= 11 is 0. The molecule has 2 aliphatic heterocycles. The molecule has 0 aromatic heterocycles. The molecule has 1 aromatic carbocycles. The maximum atomic E-state index is 12.3. The third-order valence-corrected chi connectivity index (χ3v) is 3.76. The van der Waals surface area contributed by atoms with Crippen LogP contribution in [-0.2, 0) is 0 Å². The van der Waals surface area contributed by atoms with E-state index in [1.54, 1.807) is 18.2 Å². The Hall–Kier alpha value is -1.75. The van der Waals surface area contributed by atoms with Gasteiger partial charge in [0.2, 0.25) is 0 Å². The zero-order chi connectivity index (χ0) is 13.9. The van der Waals surface area contributed by atoms with Gasteiger partial charge < -0.3 is 20.1 Å². The van der Waals surface area contributed by atoms with E-state index >= 15 is 0 Å². The number of amides is 1. The van der Waals surface area contributed by atoms with Crippen LogP contribution in [-0.4, -0.2) is 37.7 Å². The molecule has 1 saturated heterocycles. The normalized spacial score (nSPS) is 25.1. The minimum absolute atomic E-state index is 0.0407. The largest absolute Gasteiger partial charge is 0.486 e. The molecule has 0 spiro atoms. The molecule has 3 rings (SSSR count). The van der Waals surface area contributed by atoms with E-state index in [2.05, 4.69) is 17.6 Å². The highest BCUT2D eigenvalue weighted by Crippen LogP contribution is 2.30. The van der Waals surface area contributed by atoms with Gasteiger partial charge in [0.25, 0.3) is 5.91 Å². The highest BCUT2D eigenvalue weighted by Gasteiger charge is 2.21. The summed E-state index contributed by atoms with van der Waals surface area (Å²) in [5.74, 6) is 1.33. The summed E-state index contributed by atoms with van der Waals surface area (Å²) in [4.78, 5) is 12.3. The number of hydrogen-bond acceptors (Lipinski definition) is 4. The minimum atomic E-state index is -0.0407. The Morgan fingerprint density at radius 1 is 1.30 bits per heavy atom. The predicted molar refractivity (Wildman–Crippen MR) is 75.4 cm³/mol. The average molecular weight is 276 g/mol. The van der Waals surface area contributed by atoms with Gasteiger partial charge in [-0.1, -0.05) is 0 Å². The number of nitrogens with one attached hydrogen (secondary N) is 2. The lowest BCUT2D eigenvalue weighted by Gasteiger charge is -2.28. The number of carbonyl (C=O) groups is 1. The second kappa shape index (κ2) is 5.71. The molecule has 1 aromatic rings. The van der Waals surface area contributed by atoms with Crippen molar-refractivity contribution in [1.82, 2.24) is 10.6 Å². The van der Waals surface area contributed by atoms with Crippen molar-refractivity contribution in [2.24, 2.45) is 0 Å². The molecule has 1 fully saturated rings. The van der Waals surface area contributed by atoms with E-state index in [0.717, 1.165) is 19.4 Å². The summed E-state index contributed by atoms with van der Waals surface area (Å²) in [6.45, 7) is 4.19. The molecule has 0 radical (unpaired) electrons. The van der Waals surface area contributed by atoms with Gasteiger partial charge in [0.05, 0.1) is 0 Å². The predicted octanol–water partition coefficient (Wildman–Crippen LogP) is 1.33. The highest BCUT2D eigenvalue weighted by atomic mass is 16.6. The SMILES string of the molecule is CC1CC(NC(=O)c2ccc3c(c2)OCCO3)CCN1. The molecular formula is C15H20N2O3. The summed E-state index contributed by atoms with van der Waals surface area (Å²) in [6, 6.07) is 6.04. The van der Waals surface area contributed by atoms with E-state index in [1.807, 2.05) is 0 Å². The van der Waals surface area contributed by atoms with Gasteiger partial charge in [0.15, 0.2) is 11.5 Å². The van der Waals surface area contributed by atoms with E-state index in [9.17, 15) is 4.79 Å². The zero-order valence-electron chi connectivity index (χ0n) is 11.6. The molecule has 0 bridgehead atoms. The zero-order valence-corrected chi connectivity index (χ0v) is 11.6. The fraction of sp³-hybridized carbons (Fsp3) is 0.533. The fourth-order valence-electron chi connectivity index (χ4n) is 2.72. The van der Waals surface area contributed by atoms with Crippen molar-refractivity contribution in [3.8, 4) is 11.5 Å². The van der Waals surface area contributed by atoms with Crippen molar-refractivity contribution in [2.45, 2.75) is 31.8 Å². The number of benzene rings is 1. The van der Waals surface area contributed by atoms with Gasteiger partial charge in [0, 0.05) is 17.6 Å². The Morgan fingerprint density at radius 2 is 2.10 bits per heavy atom. The van der Waals surface area contributed by atoms with E-state index < -0.39 is 0 Å². The van der Waals surface area contributed by atoms with Crippen LogP contribution in [0.5, 0.6) is 11.5 Å². The van der Waals surface area contributed by atoms with Gasteiger partial charge in [-0.3, -0.25) is 4.79 Å². The van der Waals surface area contributed by atoms with Gasteiger partial charge >= 0.3 is 0 Å². The van der Waals surface area contributed by atoms with Crippen LogP contribution in [0.4, 0.5) is 0 Å². The van der Waals surface area contributed by atoms with E-state index in [1.165, 1.54) is 0 Å². The second-order valence-corrected chi connectivity index (χ2v) is 5.41. The highest BCUT2D eigenvalue weighted by molar-refractivity contribution is 5.95. The lowest BCUT2D eigenvalue weighted by Crippen LogP contribution is -2.46. The van der Waals surface area contributed by atoms with E-state index in [0.29, 0.717) is 36.3 Å². The smallest absolute Gasteiger partial charge is 0.251 e. The molecule has 2 N–H and O–H groups in total. The number of fused-ring (bicyclic) bond motifs is 1. The molecule has 2 atom stereocenters. The first-order valence-electron chi connectivity index (χ1n) is 7.16. The summed E-state index contributed by atoms with van der Waals surface area (Å²) in [7, 11) is 0. The maximum Gasteiger partial charge on any atom is 0.251 e. The molecule has 20 heavy (non-hydrogen) atoms. The van der Waals surface area contributed by atoms with Gasteiger partial charge in [0.1, 0.15) is 13.2 Å². The number of ether oxygens (including phenoxy) is 2. The van der Waals surface area contributed by atoms with Gasteiger partial charge in [-0.2, -0.15) is 0 Å². The van der Waals surface area contributed by atoms with E-state index in [4.69, 9.17) is 9.47 Å². The Bertz CT molecular complexity index is 504. The monoisotopic (exact) mass is 276 g/mol. The molecule has 2 aliphatic rings. The Kier molecular flexibility index (Phi) is 3.78. The number of rotatable bonds is 2. The van der Waals surface area contributed by atoms with Crippen LogP contribution < -0.4 is 20.1 Å². The molecule has 108 valence electrons. The average Bonchev–Trinajstić information content (AvgIpc) is 2.47. The molecule has 1 amide bonds. The van der Waals surface area contributed by atoms with Crippen molar-refractivity contribution in [3.05, 3.63) is 23.8 Å². The molecule has 5 heteroatoms. The summed E-state index contributed by atoms with van der Waals surface area (Å²) in [5, 5.41) is 6.48. The molecule has 0 aliphatic carbocycles. The van der Waals surface area contributed by atoms with E-state index in [-0.39, 0.29) is 11.9 Å². The van der Waals surface area contributed by atoms with Crippen LogP contribution in [0, 0.1) is 0 Å². The number of hydrogen-bond donors (Lipinski definition) is 2. The van der Waals surface area contributed by atoms with Gasteiger partial charge in [-0.15, -0.1) is 0 Å². The van der Waals surface area contributed by atoms with Crippen LogP contribution >= 0.6 is 0 Å². The first kappa shape index (κ1) is 13.2. The summed E-state index contributed by atoms with van der Waals surface area (Å²) in [6.07, 6.45) is 1.94. The minimum Gasteiger partial charge on any atom is -0.486 e. The quantitative estimate of drug-likeness (QED) is 0.855. The van der Waals surface area contributed by atoms with Crippen LogP contribution in [0.15, 0.2) is 18.2 Å². The first-order valence-corrected chi connectivity index (χ1v) is 7.16. The van der Waals surface area contributed by atoms with Crippen molar-refractivity contribution >= 4 is 5.91 Å². The first-order chi connectivity index (χ1) is 9.72. The van der Waals surface area contributed by atoms with Crippen LogP contribution in [0.2, 0.25) is 0 Å². The Labute approximate surface area is 118 Å². The Morgan fingerprint density at radius 3 is 2.90 bits per heavy atom. The summed E-state index contributed by atoms with van der Waals surface area (Å²) in [5.41, 5.74) is 0.625. The third-order valence-electron chi connectivity index (χ3n) is 3.76. The lowest BCUT2D eigenvalue weighted by molar-refractivity contribution is 0.0924. The molecule has 2 heterocycles. The van der Waals surface area contributed by atoms with Crippen LogP contribution in [0.1, 0.15) is 30.1 Å². The van der Waals surface area contributed by atoms with Crippen molar-refractivity contribution in [3.63, 3.8) is 0 Å². The maximum absolute atomic E-state index is 12.3. The topological polar surface area (TPSA) is 59.6 Å². The third kappa shape index (κ3) is 2.88. The van der Waals surface area contributed by atoms with Crippen LogP contribution in [0.25, 0.3) is 0 Å². The molecule has 2 unspecified atom stereocenters. The lowest BCUT2D eigenvalue weighted by atomic mass is 10.00. The second-order valence-electron chi connectivity index (χ2n) is 5.41. The van der Waals surface area contributed by atoms with Crippen LogP contribution in [0.3, 0.4) is 0 Å². The number of carbonyl (C=O) groups excluding carboxylic acids is 1. The van der Waals surface area contributed by atoms with Crippen molar-refractivity contribution in [1.29, 1.82) is 0 Å². The van der Waals surface area contributed by atoms with Crippen molar-refractivity contribution in [2.75, 3.05) is 19.8 Å². The van der Waals surface area contributed by atoms with Crippen molar-refractivity contribution < 1.29 is 14.3 Å². The van der Waals surface area contributed by atoms with Gasteiger partial charge in [-0.05, 0) is 44.5 Å². The standard InChI is InChI=1S/C15H20N2O3/c1-10-8-12(4-5-16-10)17-15(18)11-2-3-13-14(9-11)20-7-6-19-13/h2-3,9-10,12,16H,4-8H2,1H3,(H,17,18). The molecule has 5 nitrogen and oxygen atoms in total. The van der Waals surface area contributed by atoms with Gasteiger partial charge in [-0.25, -0.2) is 0 Å². The summed E-state index contributed by atoms with van der Waals surface area (Å²) < 4.78 is 11.0. The number of piperidine rings is 1. The Balaban J connectivity index is 1.67.